The van der Waals surface area contributed by atoms with Gasteiger partial charge in [-0.25, -0.2) is 0 Å². The molecule has 0 fully saturated rings. The molecule has 1 atom stereocenters. The van der Waals surface area contributed by atoms with E-state index in [9.17, 15) is 0 Å². The molecule has 3 nitrogen and oxygen atoms in total. The predicted octanol–water partition coefficient (Wildman–Crippen LogP) is 1.69. The standard InChI is InChI=1S/C9H11Cl2NO2/c10-6-1-2-8(11)9(3-6)14-5-7(12)4-13/h1-3,7,13H,4-5,12H2. The number of rotatable bonds is 4. The molecule has 0 aliphatic carbocycles. The molecule has 1 rings (SSSR count). The molecule has 3 N–H and O–H groups in total. The minimum absolute atomic E-state index is 0.127. The molecule has 0 bridgehead atoms. The SMILES string of the molecule is NC(CO)COc1cc(Cl)ccc1Cl. The van der Waals surface area contributed by atoms with E-state index in [1.807, 2.05) is 0 Å². The Hall–Kier alpha value is -0.480. The van der Waals surface area contributed by atoms with E-state index in [1.165, 1.54) is 0 Å². The first-order chi connectivity index (χ1) is 6.63. The molecule has 14 heavy (non-hydrogen) atoms. The van der Waals surface area contributed by atoms with Crippen molar-refractivity contribution in [2.75, 3.05) is 13.2 Å². The van der Waals surface area contributed by atoms with Gasteiger partial charge in [-0.1, -0.05) is 23.2 Å². The zero-order valence-electron chi connectivity index (χ0n) is 7.41. The second kappa shape index (κ2) is 5.41. The molecule has 0 spiro atoms. The Morgan fingerprint density at radius 2 is 2.14 bits per heavy atom. The number of benzene rings is 1. The third kappa shape index (κ3) is 3.35. The van der Waals surface area contributed by atoms with Gasteiger partial charge in [-0.15, -0.1) is 0 Å². The maximum Gasteiger partial charge on any atom is 0.139 e. The molecule has 0 aromatic heterocycles. The van der Waals surface area contributed by atoms with Gasteiger partial charge >= 0.3 is 0 Å². The summed E-state index contributed by atoms with van der Waals surface area (Å²) in [6.45, 7) is 0.0781. The lowest BCUT2D eigenvalue weighted by molar-refractivity contribution is 0.206. The predicted molar refractivity (Wildman–Crippen MR) is 57.0 cm³/mol. The van der Waals surface area contributed by atoms with E-state index < -0.39 is 6.04 Å². The van der Waals surface area contributed by atoms with E-state index in [1.54, 1.807) is 18.2 Å². The van der Waals surface area contributed by atoms with Crippen LogP contribution in [0, 0.1) is 0 Å². The van der Waals surface area contributed by atoms with E-state index in [4.69, 9.17) is 38.8 Å². The first-order valence-electron chi connectivity index (χ1n) is 4.07. The average Bonchev–Trinajstić information content (AvgIpc) is 2.19. The maximum absolute atomic E-state index is 8.67. The number of hydrogen-bond acceptors (Lipinski definition) is 3. The van der Waals surface area contributed by atoms with Crippen LogP contribution in [0.3, 0.4) is 0 Å². The van der Waals surface area contributed by atoms with Crippen LogP contribution >= 0.6 is 23.2 Å². The fourth-order valence-corrected chi connectivity index (χ4v) is 1.17. The smallest absolute Gasteiger partial charge is 0.139 e. The Labute approximate surface area is 92.4 Å². The first-order valence-corrected chi connectivity index (χ1v) is 4.83. The minimum Gasteiger partial charge on any atom is -0.490 e. The van der Waals surface area contributed by atoms with Crippen LogP contribution in [0.1, 0.15) is 0 Å². The van der Waals surface area contributed by atoms with Gasteiger partial charge in [0.2, 0.25) is 0 Å². The summed E-state index contributed by atoms with van der Waals surface area (Å²) < 4.78 is 5.27. The van der Waals surface area contributed by atoms with Gasteiger partial charge < -0.3 is 15.6 Å². The van der Waals surface area contributed by atoms with Gasteiger partial charge in [0, 0.05) is 11.1 Å². The highest BCUT2D eigenvalue weighted by atomic mass is 35.5. The molecule has 0 radical (unpaired) electrons. The van der Waals surface area contributed by atoms with Crippen molar-refractivity contribution in [3.8, 4) is 5.75 Å². The van der Waals surface area contributed by atoms with Crippen molar-refractivity contribution in [2.45, 2.75) is 6.04 Å². The Bertz CT molecular complexity index is 307. The Morgan fingerprint density at radius 1 is 1.43 bits per heavy atom. The average molecular weight is 236 g/mol. The second-order valence-corrected chi connectivity index (χ2v) is 3.67. The van der Waals surface area contributed by atoms with Crippen LogP contribution in [0.15, 0.2) is 18.2 Å². The van der Waals surface area contributed by atoms with Crippen LogP contribution in [0.4, 0.5) is 0 Å². The summed E-state index contributed by atoms with van der Waals surface area (Å²) in [6, 6.07) is 4.51. The lowest BCUT2D eigenvalue weighted by Crippen LogP contribution is -2.31. The Balaban J connectivity index is 2.62. The molecule has 0 saturated heterocycles. The van der Waals surface area contributed by atoms with Gasteiger partial charge in [0.1, 0.15) is 12.4 Å². The van der Waals surface area contributed by atoms with Crippen LogP contribution in [0.25, 0.3) is 0 Å². The molecular weight excluding hydrogens is 225 g/mol. The van der Waals surface area contributed by atoms with E-state index in [2.05, 4.69) is 0 Å². The lowest BCUT2D eigenvalue weighted by Gasteiger charge is -2.11. The zero-order chi connectivity index (χ0) is 10.6. The van der Waals surface area contributed by atoms with Gasteiger partial charge in [-0.2, -0.15) is 0 Å². The molecule has 78 valence electrons. The monoisotopic (exact) mass is 235 g/mol. The summed E-state index contributed by atoms with van der Waals surface area (Å²) in [5, 5.41) is 9.69. The van der Waals surface area contributed by atoms with Gasteiger partial charge in [-0.3, -0.25) is 0 Å². The normalized spacial score (nSPS) is 12.6. The number of aliphatic hydroxyl groups excluding tert-OH is 1. The van der Waals surface area contributed by atoms with Crippen LogP contribution in [0.2, 0.25) is 10.0 Å². The van der Waals surface area contributed by atoms with Crippen LogP contribution in [0.5, 0.6) is 5.75 Å². The molecule has 1 unspecified atom stereocenters. The van der Waals surface area contributed by atoms with E-state index >= 15 is 0 Å². The van der Waals surface area contributed by atoms with Crippen molar-refractivity contribution in [3.05, 3.63) is 28.2 Å². The molecule has 0 saturated carbocycles. The Morgan fingerprint density at radius 3 is 2.79 bits per heavy atom. The Kier molecular flexibility index (Phi) is 4.48. The lowest BCUT2D eigenvalue weighted by atomic mass is 10.3. The van der Waals surface area contributed by atoms with E-state index in [0.717, 1.165) is 0 Å². The number of halogens is 2. The highest BCUT2D eigenvalue weighted by Gasteiger charge is 2.05. The fraction of sp³-hybridized carbons (Fsp3) is 0.333. The second-order valence-electron chi connectivity index (χ2n) is 2.83. The summed E-state index contributed by atoms with van der Waals surface area (Å²) in [4.78, 5) is 0. The summed E-state index contributed by atoms with van der Waals surface area (Å²) in [6.07, 6.45) is 0. The van der Waals surface area contributed by atoms with Crippen molar-refractivity contribution in [1.82, 2.24) is 0 Å². The van der Waals surface area contributed by atoms with Crippen LogP contribution in [-0.4, -0.2) is 24.4 Å². The topological polar surface area (TPSA) is 55.5 Å². The number of ether oxygens (including phenoxy) is 1. The van der Waals surface area contributed by atoms with E-state index in [-0.39, 0.29) is 13.2 Å². The van der Waals surface area contributed by atoms with Crippen molar-refractivity contribution in [3.63, 3.8) is 0 Å². The largest absolute Gasteiger partial charge is 0.490 e. The number of hydrogen-bond donors (Lipinski definition) is 2. The van der Waals surface area contributed by atoms with Crippen LogP contribution < -0.4 is 10.5 Å². The van der Waals surface area contributed by atoms with E-state index in [0.29, 0.717) is 15.8 Å². The number of aliphatic hydroxyl groups is 1. The molecule has 0 aliphatic heterocycles. The summed E-state index contributed by atoms with van der Waals surface area (Å²) in [5.41, 5.74) is 5.46. The molecule has 5 heteroatoms. The van der Waals surface area contributed by atoms with Gasteiger partial charge in [0.05, 0.1) is 17.7 Å². The molecule has 0 aliphatic rings. The summed E-state index contributed by atoms with van der Waals surface area (Å²) in [7, 11) is 0. The number of nitrogens with two attached hydrogens (primary N) is 1. The molecule has 1 aromatic rings. The molecule has 1 aromatic carbocycles. The zero-order valence-corrected chi connectivity index (χ0v) is 8.92. The van der Waals surface area contributed by atoms with Crippen molar-refractivity contribution >= 4 is 23.2 Å². The van der Waals surface area contributed by atoms with Crippen molar-refractivity contribution in [1.29, 1.82) is 0 Å². The van der Waals surface area contributed by atoms with Crippen molar-refractivity contribution in [2.24, 2.45) is 5.73 Å². The van der Waals surface area contributed by atoms with Gasteiger partial charge in [0.15, 0.2) is 0 Å². The summed E-state index contributed by atoms with van der Waals surface area (Å²) in [5.74, 6) is 0.475. The molecule has 0 heterocycles. The van der Waals surface area contributed by atoms with Crippen molar-refractivity contribution < 1.29 is 9.84 Å². The molecular formula is C9H11Cl2NO2. The molecule has 0 amide bonds. The third-order valence-corrected chi connectivity index (χ3v) is 2.13. The highest BCUT2D eigenvalue weighted by molar-refractivity contribution is 6.34. The van der Waals surface area contributed by atoms with Crippen LogP contribution in [-0.2, 0) is 0 Å². The highest BCUT2D eigenvalue weighted by Crippen LogP contribution is 2.27. The summed E-state index contributed by atoms with van der Waals surface area (Å²) >= 11 is 11.6. The quantitative estimate of drug-likeness (QED) is 0.836. The third-order valence-electron chi connectivity index (χ3n) is 1.58. The van der Waals surface area contributed by atoms with Gasteiger partial charge in [-0.05, 0) is 12.1 Å². The first kappa shape index (κ1) is 11.6. The minimum atomic E-state index is -0.412. The maximum atomic E-state index is 8.67. The van der Waals surface area contributed by atoms with Gasteiger partial charge in [0.25, 0.3) is 0 Å². The fourth-order valence-electron chi connectivity index (χ4n) is 0.837.